The monoisotopic (exact) mass is 490 g/mol. The van der Waals surface area contributed by atoms with Gasteiger partial charge < -0.3 is 4.74 Å². The molecule has 0 spiro atoms. The first-order valence-corrected chi connectivity index (χ1v) is 10.8. The van der Waals surface area contributed by atoms with Gasteiger partial charge >= 0.3 is 0 Å². The van der Waals surface area contributed by atoms with Gasteiger partial charge in [0.25, 0.3) is 5.91 Å². The first kappa shape index (κ1) is 20.7. The van der Waals surface area contributed by atoms with Gasteiger partial charge in [0, 0.05) is 10.0 Å². The third kappa shape index (κ3) is 4.63. The van der Waals surface area contributed by atoms with Crippen molar-refractivity contribution in [2.24, 2.45) is 5.10 Å². The minimum absolute atomic E-state index is 0.344. The van der Waals surface area contributed by atoms with Gasteiger partial charge in [0.1, 0.15) is 5.75 Å². The van der Waals surface area contributed by atoms with Crippen molar-refractivity contribution in [3.63, 3.8) is 0 Å². The quantitative estimate of drug-likeness (QED) is 0.268. The number of benzene rings is 3. The number of rotatable bonds is 5. The number of methoxy groups -OCH3 is 1. The predicted molar refractivity (Wildman–Crippen MR) is 126 cm³/mol. The highest BCUT2D eigenvalue weighted by molar-refractivity contribution is 9.10. The van der Waals surface area contributed by atoms with Crippen molar-refractivity contribution in [3.05, 3.63) is 87.9 Å². The number of aromatic nitrogens is 1. The molecule has 0 saturated heterocycles. The van der Waals surface area contributed by atoms with E-state index in [9.17, 15) is 4.79 Å². The van der Waals surface area contributed by atoms with Crippen molar-refractivity contribution in [3.8, 4) is 11.8 Å². The lowest BCUT2D eigenvalue weighted by atomic mass is 10.1. The molecule has 0 N–H and O–H groups in total. The Morgan fingerprint density at radius 2 is 1.90 bits per heavy atom. The molecule has 6 nitrogen and oxygen atoms in total. The Morgan fingerprint density at radius 3 is 2.58 bits per heavy atom. The number of hydrogen-bond donors (Lipinski definition) is 0. The van der Waals surface area contributed by atoms with E-state index in [4.69, 9.17) is 10.00 Å². The summed E-state index contributed by atoms with van der Waals surface area (Å²) in [7, 11) is 1.60. The van der Waals surface area contributed by atoms with Crippen molar-refractivity contribution in [2.75, 3.05) is 12.1 Å². The van der Waals surface area contributed by atoms with E-state index in [1.807, 2.05) is 42.5 Å². The molecule has 4 aromatic rings. The first-order valence-electron chi connectivity index (χ1n) is 9.16. The van der Waals surface area contributed by atoms with Gasteiger partial charge in [-0.25, -0.2) is 4.98 Å². The first-order chi connectivity index (χ1) is 15.1. The van der Waals surface area contributed by atoms with Gasteiger partial charge in [0.15, 0.2) is 0 Å². The largest absolute Gasteiger partial charge is 0.497 e. The summed E-state index contributed by atoms with van der Waals surface area (Å²) in [6, 6.07) is 21.6. The zero-order chi connectivity index (χ0) is 21.8. The van der Waals surface area contributed by atoms with Crippen LogP contribution in [0.3, 0.4) is 0 Å². The minimum atomic E-state index is -0.344. The second kappa shape index (κ2) is 9.08. The van der Waals surface area contributed by atoms with Crippen LogP contribution < -0.4 is 9.75 Å². The van der Waals surface area contributed by atoms with Crippen LogP contribution in [0, 0.1) is 11.3 Å². The summed E-state index contributed by atoms with van der Waals surface area (Å²) >= 11 is 4.75. The van der Waals surface area contributed by atoms with E-state index < -0.39 is 0 Å². The molecule has 3 aromatic carbocycles. The van der Waals surface area contributed by atoms with Crippen LogP contribution in [0.5, 0.6) is 5.75 Å². The van der Waals surface area contributed by atoms with E-state index in [-0.39, 0.29) is 5.91 Å². The Bertz CT molecular complexity index is 1310. The summed E-state index contributed by atoms with van der Waals surface area (Å²) < 4.78 is 7.12. The predicted octanol–water partition coefficient (Wildman–Crippen LogP) is 5.62. The Hall–Kier alpha value is -3.54. The summed E-state index contributed by atoms with van der Waals surface area (Å²) in [4.78, 5) is 17.9. The topological polar surface area (TPSA) is 78.6 Å². The third-order valence-electron chi connectivity index (χ3n) is 4.41. The number of thiazole rings is 1. The summed E-state index contributed by atoms with van der Waals surface area (Å²) in [6.07, 6.45) is 1.61. The second-order valence-electron chi connectivity index (χ2n) is 6.43. The van der Waals surface area contributed by atoms with Crippen LogP contribution in [-0.4, -0.2) is 24.2 Å². The maximum atomic E-state index is 13.3. The molecule has 0 bridgehead atoms. The number of ether oxygens (including phenoxy) is 1. The molecule has 0 aliphatic heterocycles. The van der Waals surface area contributed by atoms with Crippen molar-refractivity contribution >= 4 is 54.7 Å². The smallest absolute Gasteiger partial charge is 0.280 e. The lowest BCUT2D eigenvalue weighted by molar-refractivity contribution is 0.0988. The van der Waals surface area contributed by atoms with Crippen molar-refractivity contribution in [2.45, 2.75) is 0 Å². The zero-order valence-corrected chi connectivity index (χ0v) is 18.7. The van der Waals surface area contributed by atoms with Crippen LogP contribution in [0.4, 0.5) is 5.13 Å². The van der Waals surface area contributed by atoms with E-state index in [0.717, 1.165) is 20.3 Å². The fourth-order valence-electron chi connectivity index (χ4n) is 2.78. The number of amides is 1. The highest BCUT2D eigenvalue weighted by atomic mass is 79.9. The number of nitriles is 1. The summed E-state index contributed by atoms with van der Waals surface area (Å²) in [5.74, 6) is 0.370. The van der Waals surface area contributed by atoms with Gasteiger partial charge in [-0.15, -0.1) is 0 Å². The number of anilines is 1. The molecule has 1 amide bonds. The Balaban J connectivity index is 1.75. The maximum absolute atomic E-state index is 13.3. The number of carbonyl (C=O) groups is 1. The fourth-order valence-corrected chi connectivity index (χ4v) is 4.00. The highest BCUT2D eigenvalue weighted by Crippen LogP contribution is 2.32. The van der Waals surface area contributed by atoms with Crippen molar-refractivity contribution in [1.82, 2.24) is 4.98 Å². The lowest BCUT2D eigenvalue weighted by Crippen LogP contribution is -2.25. The number of halogens is 1. The molecule has 0 unspecified atom stereocenters. The lowest BCUT2D eigenvalue weighted by Gasteiger charge is -2.14. The molecule has 0 radical (unpaired) electrons. The summed E-state index contributed by atoms with van der Waals surface area (Å²) in [5, 5.41) is 15.2. The Labute approximate surface area is 191 Å². The van der Waals surface area contributed by atoms with Gasteiger partial charge in [0.05, 0.1) is 35.2 Å². The molecule has 0 aliphatic rings. The van der Waals surface area contributed by atoms with E-state index in [0.29, 0.717) is 22.0 Å². The van der Waals surface area contributed by atoms with E-state index in [1.165, 1.54) is 16.3 Å². The van der Waals surface area contributed by atoms with Gasteiger partial charge in [-0.2, -0.15) is 15.4 Å². The molecule has 4 rings (SSSR count). The molecule has 0 fully saturated rings. The molecule has 1 aromatic heterocycles. The van der Waals surface area contributed by atoms with E-state index in [2.05, 4.69) is 32.1 Å². The van der Waals surface area contributed by atoms with E-state index in [1.54, 1.807) is 37.6 Å². The van der Waals surface area contributed by atoms with Crippen LogP contribution in [-0.2, 0) is 0 Å². The van der Waals surface area contributed by atoms with Crippen molar-refractivity contribution < 1.29 is 9.53 Å². The average molecular weight is 491 g/mol. The van der Waals surface area contributed by atoms with Gasteiger partial charge in [0.2, 0.25) is 5.13 Å². The van der Waals surface area contributed by atoms with Crippen LogP contribution >= 0.6 is 27.3 Å². The highest BCUT2D eigenvalue weighted by Gasteiger charge is 2.21. The van der Waals surface area contributed by atoms with Crippen LogP contribution in [0.1, 0.15) is 21.5 Å². The zero-order valence-electron chi connectivity index (χ0n) is 16.3. The number of hydrogen-bond acceptors (Lipinski definition) is 6. The number of nitrogens with zero attached hydrogens (tertiary/aromatic N) is 4. The normalized spacial score (nSPS) is 10.9. The van der Waals surface area contributed by atoms with Gasteiger partial charge in [-0.3, -0.25) is 4.79 Å². The number of fused-ring (bicyclic) bond motifs is 1. The molecule has 8 heteroatoms. The fraction of sp³-hybridized carbons (Fsp3) is 0.0435. The molecule has 0 aliphatic carbocycles. The van der Waals surface area contributed by atoms with Gasteiger partial charge in [-0.05, 0) is 60.2 Å². The average Bonchev–Trinajstić information content (AvgIpc) is 3.23. The molecular weight excluding hydrogens is 476 g/mol. The second-order valence-corrected chi connectivity index (χ2v) is 8.36. The van der Waals surface area contributed by atoms with E-state index >= 15 is 0 Å². The SMILES string of the molecule is COc1ccc2nc(N(/N=C/c3ccc(Br)cc3)C(=O)c3ccc(C#N)cc3)sc2c1. The molecule has 1 heterocycles. The summed E-state index contributed by atoms with van der Waals surface area (Å²) in [6.45, 7) is 0. The minimum Gasteiger partial charge on any atom is -0.497 e. The number of carbonyl (C=O) groups excluding carboxylic acids is 1. The van der Waals surface area contributed by atoms with Crippen molar-refractivity contribution in [1.29, 1.82) is 5.26 Å². The third-order valence-corrected chi connectivity index (χ3v) is 5.93. The summed E-state index contributed by atoms with van der Waals surface area (Å²) in [5.41, 5.74) is 2.47. The number of hydrazone groups is 1. The molecule has 0 saturated carbocycles. The molecule has 0 atom stereocenters. The Morgan fingerprint density at radius 1 is 1.16 bits per heavy atom. The standard InChI is InChI=1S/C23H15BrN4O2S/c1-30-19-10-11-20-21(12-19)31-23(27-20)28(26-14-16-4-8-18(24)9-5-16)22(29)17-6-2-15(13-25)3-7-17/h2-12,14H,1H3/b26-14+. The van der Waals surface area contributed by atoms with Crippen LogP contribution in [0.15, 0.2) is 76.3 Å². The van der Waals surface area contributed by atoms with Crippen LogP contribution in [0.25, 0.3) is 10.2 Å². The Kier molecular flexibility index (Phi) is 6.07. The maximum Gasteiger partial charge on any atom is 0.280 e. The molecule has 31 heavy (non-hydrogen) atoms. The van der Waals surface area contributed by atoms with Crippen LogP contribution in [0.2, 0.25) is 0 Å². The van der Waals surface area contributed by atoms with Gasteiger partial charge in [-0.1, -0.05) is 39.4 Å². The molecular formula is C23H15BrN4O2S. The molecule has 152 valence electrons.